The third-order valence-electron chi connectivity index (χ3n) is 2.11. The number of benzene rings is 1. The molecule has 3 heteroatoms. The standard InChI is InChI=1S/C12H16N2O/c1-3-15-12(2,14)8-10-4-6-11(9-13)7-5-10/h4-7H,3,8,14H2,1-2H3/t12-/m0/s1. The van der Waals surface area contributed by atoms with Gasteiger partial charge < -0.3 is 10.5 Å². The molecule has 0 aromatic heterocycles. The van der Waals surface area contributed by atoms with Crippen LogP contribution in [0.4, 0.5) is 0 Å². The molecule has 0 heterocycles. The maximum absolute atomic E-state index is 8.65. The van der Waals surface area contributed by atoms with Gasteiger partial charge in [-0.3, -0.25) is 0 Å². The molecule has 0 spiro atoms. The first-order valence-corrected chi connectivity index (χ1v) is 4.99. The van der Waals surface area contributed by atoms with Gasteiger partial charge in [0.15, 0.2) is 0 Å². The van der Waals surface area contributed by atoms with E-state index in [2.05, 4.69) is 6.07 Å². The van der Waals surface area contributed by atoms with Gasteiger partial charge in [-0.1, -0.05) is 12.1 Å². The average molecular weight is 204 g/mol. The highest BCUT2D eigenvalue weighted by atomic mass is 16.5. The van der Waals surface area contributed by atoms with Crippen LogP contribution in [0.1, 0.15) is 25.0 Å². The van der Waals surface area contributed by atoms with Gasteiger partial charge in [0.05, 0.1) is 11.6 Å². The van der Waals surface area contributed by atoms with E-state index in [1.54, 1.807) is 12.1 Å². The van der Waals surface area contributed by atoms with E-state index in [4.69, 9.17) is 15.7 Å². The number of hydrogen-bond donors (Lipinski definition) is 1. The molecule has 0 aliphatic carbocycles. The second kappa shape index (κ2) is 4.92. The second-order valence-electron chi connectivity index (χ2n) is 3.73. The first-order chi connectivity index (χ1) is 7.07. The summed E-state index contributed by atoms with van der Waals surface area (Å²) in [6.45, 7) is 4.38. The summed E-state index contributed by atoms with van der Waals surface area (Å²) < 4.78 is 5.40. The van der Waals surface area contributed by atoms with Gasteiger partial charge in [-0.15, -0.1) is 0 Å². The van der Waals surface area contributed by atoms with Gasteiger partial charge in [-0.2, -0.15) is 5.26 Å². The maximum atomic E-state index is 8.65. The van der Waals surface area contributed by atoms with Crippen molar-refractivity contribution in [1.29, 1.82) is 5.26 Å². The van der Waals surface area contributed by atoms with Crippen molar-refractivity contribution < 1.29 is 4.74 Å². The lowest BCUT2D eigenvalue weighted by Crippen LogP contribution is -2.41. The molecule has 2 N–H and O–H groups in total. The molecule has 0 saturated heterocycles. The summed E-state index contributed by atoms with van der Waals surface area (Å²) >= 11 is 0. The Kier molecular flexibility index (Phi) is 3.84. The molecule has 15 heavy (non-hydrogen) atoms. The van der Waals surface area contributed by atoms with Crippen molar-refractivity contribution in [3.63, 3.8) is 0 Å². The summed E-state index contributed by atoms with van der Waals surface area (Å²) in [6, 6.07) is 9.47. The first-order valence-electron chi connectivity index (χ1n) is 4.99. The van der Waals surface area contributed by atoms with Crippen LogP contribution in [0.25, 0.3) is 0 Å². The van der Waals surface area contributed by atoms with E-state index in [1.807, 2.05) is 26.0 Å². The lowest BCUT2D eigenvalue weighted by atomic mass is 10.0. The largest absolute Gasteiger partial charge is 0.361 e. The molecule has 0 aliphatic heterocycles. The van der Waals surface area contributed by atoms with Crippen molar-refractivity contribution in [1.82, 2.24) is 0 Å². The number of nitrogens with zero attached hydrogens (tertiary/aromatic N) is 1. The van der Waals surface area contributed by atoms with E-state index in [1.165, 1.54) is 0 Å². The topological polar surface area (TPSA) is 59.0 Å². The fourth-order valence-corrected chi connectivity index (χ4v) is 1.48. The monoisotopic (exact) mass is 204 g/mol. The molecular formula is C12H16N2O. The van der Waals surface area contributed by atoms with Gasteiger partial charge in [-0.05, 0) is 31.5 Å². The molecule has 1 aromatic carbocycles. The Morgan fingerprint density at radius 3 is 2.47 bits per heavy atom. The lowest BCUT2D eigenvalue weighted by Gasteiger charge is -2.24. The Morgan fingerprint density at radius 2 is 2.00 bits per heavy atom. The summed E-state index contributed by atoms with van der Waals surface area (Å²) in [4.78, 5) is 0. The van der Waals surface area contributed by atoms with E-state index in [0.29, 0.717) is 18.6 Å². The van der Waals surface area contributed by atoms with E-state index in [9.17, 15) is 0 Å². The van der Waals surface area contributed by atoms with Crippen molar-refractivity contribution in [3.05, 3.63) is 35.4 Å². The molecular weight excluding hydrogens is 188 g/mol. The molecule has 0 radical (unpaired) electrons. The molecule has 1 rings (SSSR count). The van der Waals surface area contributed by atoms with Gasteiger partial charge in [0.2, 0.25) is 0 Å². The molecule has 80 valence electrons. The Bertz CT molecular complexity index is 349. The summed E-state index contributed by atoms with van der Waals surface area (Å²) in [6.07, 6.45) is 0.645. The molecule has 0 unspecified atom stereocenters. The SMILES string of the molecule is CCO[C@](C)(N)Cc1ccc(C#N)cc1. The lowest BCUT2D eigenvalue weighted by molar-refractivity contribution is -0.0193. The minimum absolute atomic E-state index is 0.600. The summed E-state index contributed by atoms with van der Waals surface area (Å²) in [5.41, 5.74) is 7.04. The van der Waals surface area contributed by atoms with Crippen LogP contribution in [0.5, 0.6) is 0 Å². The van der Waals surface area contributed by atoms with Crippen molar-refractivity contribution in [3.8, 4) is 6.07 Å². The third kappa shape index (κ3) is 3.70. The van der Waals surface area contributed by atoms with Gasteiger partial charge in [-0.25, -0.2) is 0 Å². The average Bonchev–Trinajstić information content (AvgIpc) is 2.18. The zero-order chi connectivity index (χ0) is 11.3. The molecule has 3 nitrogen and oxygen atoms in total. The number of nitriles is 1. The minimum Gasteiger partial charge on any atom is -0.361 e. The Labute approximate surface area is 90.5 Å². The fourth-order valence-electron chi connectivity index (χ4n) is 1.48. The smallest absolute Gasteiger partial charge is 0.117 e. The summed E-state index contributed by atoms with van der Waals surface area (Å²) in [5, 5.41) is 8.65. The third-order valence-corrected chi connectivity index (χ3v) is 2.11. The van der Waals surface area contributed by atoms with E-state index < -0.39 is 5.72 Å². The van der Waals surface area contributed by atoms with Crippen molar-refractivity contribution in [2.75, 3.05) is 6.61 Å². The predicted molar refractivity (Wildman–Crippen MR) is 59.1 cm³/mol. The van der Waals surface area contributed by atoms with Crippen LogP contribution in [-0.4, -0.2) is 12.3 Å². The molecule has 0 bridgehead atoms. The van der Waals surface area contributed by atoms with E-state index >= 15 is 0 Å². The zero-order valence-corrected chi connectivity index (χ0v) is 9.16. The van der Waals surface area contributed by atoms with Crippen LogP contribution < -0.4 is 5.73 Å². The Hall–Kier alpha value is -1.37. The van der Waals surface area contributed by atoms with Crippen LogP contribution in [-0.2, 0) is 11.2 Å². The number of ether oxygens (including phenoxy) is 1. The normalized spacial score (nSPS) is 14.3. The highest BCUT2D eigenvalue weighted by Gasteiger charge is 2.18. The maximum Gasteiger partial charge on any atom is 0.117 e. The van der Waals surface area contributed by atoms with Crippen LogP contribution in [0.3, 0.4) is 0 Å². The number of rotatable bonds is 4. The van der Waals surface area contributed by atoms with Gasteiger partial charge >= 0.3 is 0 Å². The van der Waals surface area contributed by atoms with Gasteiger partial charge in [0, 0.05) is 13.0 Å². The first kappa shape index (κ1) is 11.7. The van der Waals surface area contributed by atoms with Crippen molar-refractivity contribution in [2.24, 2.45) is 5.73 Å². The Balaban J connectivity index is 2.69. The molecule has 1 aromatic rings. The van der Waals surface area contributed by atoms with Crippen LogP contribution in [0.2, 0.25) is 0 Å². The van der Waals surface area contributed by atoms with Crippen molar-refractivity contribution in [2.45, 2.75) is 26.0 Å². The van der Waals surface area contributed by atoms with Crippen LogP contribution >= 0.6 is 0 Å². The van der Waals surface area contributed by atoms with Crippen molar-refractivity contribution >= 4 is 0 Å². The minimum atomic E-state index is -0.636. The van der Waals surface area contributed by atoms with Gasteiger partial charge in [0.1, 0.15) is 5.72 Å². The zero-order valence-electron chi connectivity index (χ0n) is 9.16. The van der Waals surface area contributed by atoms with E-state index in [-0.39, 0.29) is 0 Å². The highest BCUT2D eigenvalue weighted by molar-refractivity contribution is 5.32. The fraction of sp³-hybridized carbons (Fsp3) is 0.417. The molecule has 0 saturated carbocycles. The molecule has 0 amide bonds. The van der Waals surface area contributed by atoms with Crippen LogP contribution in [0, 0.1) is 11.3 Å². The molecule has 0 fully saturated rings. The predicted octanol–water partition coefficient (Wildman–Crippen LogP) is 1.81. The quantitative estimate of drug-likeness (QED) is 0.761. The Morgan fingerprint density at radius 1 is 1.40 bits per heavy atom. The number of hydrogen-bond acceptors (Lipinski definition) is 3. The highest BCUT2D eigenvalue weighted by Crippen LogP contribution is 2.12. The number of nitrogens with two attached hydrogens (primary N) is 1. The van der Waals surface area contributed by atoms with E-state index in [0.717, 1.165) is 5.56 Å². The second-order valence-corrected chi connectivity index (χ2v) is 3.73. The van der Waals surface area contributed by atoms with Gasteiger partial charge in [0.25, 0.3) is 0 Å². The molecule has 0 aliphatic rings. The van der Waals surface area contributed by atoms with Crippen LogP contribution in [0.15, 0.2) is 24.3 Å². The molecule has 1 atom stereocenters. The summed E-state index contributed by atoms with van der Waals surface area (Å²) in [7, 11) is 0. The summed E-state index contributed by atoms with van der Waals surface area (Å²) in [5.74, 6) is 0.